The zero-order chi connectivity index (χ0) is 17.8. The van der Waals surface area contributed by atoms with Gasteiger partial charge in [0.1, 0.15) is 0 Å². The lowest BCUT2D eigenvalue weighted by Crippen LogP contribution is -2.32. The zero-order valence-electron chi connectivity index (χ0n) is 14.0. The SMILES string of the molecule is O=C(CSc1nnc2ccc(-c3ccncc3)nn12)NC[C@@H]1CCCO1. The van der Waals surface area contributed by atoms with Crippen molar-refractivity contribution in [2.45, 2.75) is 24.1 Å². The molecule has 0 unspecified atom stereocenters. The Morgan fingerprint density at radius 1 is 1.27 bits per heavy atom. The number of aromatic nitrogens is 5. The average Bonchev–Trinajstić information content (AvgIpc) is 3.35. The van der Waals surface area contributed by atoms with Crippen LogP contribution in [0.2, 0.25) is 0 Å². The number of hydrogen-bond acceptors (Lipinski definition) is 7. The fourth-order valence-corrected chi connectivity index (χ4v) is 3.47. The van der Waals surface area contributed by atoms with Crippen molar-refractivity contribution in [3.05, 3.63) is 36.7 Å². The van der Waals surface area contributed by atoms with E-state index in [2.05, 4.69) is 25.6 Å². The highest BCUT2D eigenvalue weighted by Gasteiger charge is 2.17. The van der Waals surface area contributed by atoms with Gasteiger partial charge >= 0.3 is 0 Å². The predicted octanol–water partition coefficient (Wildman–Crippen LogP) is 1.57. The van der Waals surface area contributed by atoms with Crippen molar-refractivity contribution in [2.75, 3.05) is 18.9 Å². The minimum atomic E-state index is -0.0486. The molecule has 134 valence electrons. The van der Waals surface area contributed by atoms with E-state index in [1.165, 1.54) is 11.8 Å². The third kappa shape index (κ3) is 3.83. The van der Waals surface area contributed by atoms with Gasteiger partial charge in [0.25, 0.3) is 0 Å². The summed E-state index contributed by atoms with van der Waals surface area (Å²) in [5.41, 5.74) is 2.40. The Labute approximate surface area is 154 Å². The summed E-state index contributed by atoms with van der Waals surface area (Å²) in [7, 11) is 0. The lowest BCUT2D eigenvalue weighted by Gasteiger charge is -2.10. The second-order valence-electron chi connectivity index (χ2n) is 5.93. The van der Waals surface area contributed by atoms with Gasteiger partial charge < -0.3 is 10.1 Å². The first-order chi connectivity index (χ1) is 12.8. The Balaban J connectivity index is 1.42. The summed E-state index contributed by atoms with van der Waals surface area (Å²) >= 11 is 1.31. The topological polar surface area (TPSA) is 94.3 Å². The van der Waals surface area contributed by atoms with Crippen LogP contribution in [0.4, 0.5) is 0 Å². The molecule has 0 radical (unpaired) electrons. The molecule has 8 nitrogen and oxygen atoms in total. The first-order valence-corrected chi connectivity index (χ1v) is 9.42. The van der Waals surface area contributed by atoms with Crippen molar-refractivity contribution in [2.24, 2.45) is 0 Å². The van der Waals surface area contributed by atoms with Crippen LogP contribution >= 0.6 is 11.8 Å². The molecule has 1 aliphatic rings. The van der Waals surface area contributed by atoms with Gasteiger partial charge in [-0.1, -0.05) is 11.8 Å². The largest absolute Gasteiger partial charge is 0.376 e. The molecule has 1 atom stereocenters. The Bertz CT molecular complexity index is 895. The van der Waals surface area contributed by atoms with Crippen LogP contribution in [0, 0.1) is 0 Å². The van der Waals surface area contributed by atoms with Crippen molar-refractivity contribution in [3.63, 3.8) is 0 Å². The highest BCUT2D eigenvalue weighted by atomic mass is 32.2. The van der Waals surface area contributed by atoms with Gasteiger partial charge in [-0.15, -0.1) is 10.2 Å². The molecule has 9 heteroatoms. The standard InChI is InChI=1S/C17H18N6O2S/c24-16(19-10-13-2-1-9-25-13)11-26-17-21-20-15-4-3-14(22-23(15)17)12-5-7-18-8-6-12/h3-8,13H,1-2,9-11H2,(H,19,24)/t13-/m0/s1. The summed E-state index contributed by atoms with van der Waals surface area (Å²) in [4.78, 5) is 16.1. The van der Waals surface area contributed by atoms with Crippen molar-refractivity contribution in [1.82, 2.24) is 30.1 Å². The van der Waals surface area contributed by atoms with Crippen LogP contribution in [-0.4, -0.2) is 55.7 Å². The van der Waals surface area contributed by atoms with Crippen LogP contribution in [0.15, 0.2) is 41.8 Å². The summed E-state index contributed by atoms with van der Waals surface area (Å²) in [6.45, 7) is 1.34. The van der Waals surface area contributed by atoms with Crippen LogP contribution in [0.3, 0.4) is 0 Å². The van der Waals surface area contributed by atoms with Gasteiger partial charge in [0.15, 0.2) is 5.65 Å². The van der Waals surface area contributed by atoms with Gasteiger partial charge in [-0.25, -0.2) is 0 Å². The van der Waals surface area contributed by atoms with Crippen molar-refractivity contribution < 1.29 is 9.53 Å². The van der Waals surface area contributed by atoms with E-state index in [1.807, 2.05) is 24.3 Å². The molecule has 0 bridgehead atoms. The first-order valence-electron chi connectivity index (χ1n) is 8.43. The van der Waals surface area contributed by atoms with E-state index < -0.39 is 0 Å². The molecule has 0 spiro atoms. The quantitative estimate of drug-likeness (QED) is 0.658. The molecule has 4 heterocycles. The van der Waals surface area contributed by atoms with Crippen molar-refractivity contribution in [1.29, 1.82) is 0 Å². The second kappa shape index (κ2) is 7.79. The minimum Gasteiger partial charge on any atom is -0.376 e. The van der Waals surface area contributed by atoms with Crippen molar-refractivity contribution in [3.8, 4) is 11.3 Å². The number of rotatable bonds is 6. The fraction of sp³-hybridized carbons (Fsp3) is 0.353. The smallest absolute Gasteiger partial charge is 0.230 e. The lowest BCUT2D eigenvalue weighted by molar-refractivity contribution is -0.119. The Kier molecular flexibility index (Phi) is 5.07. The maximum Gasteiger partial charge on any atom is 0.230 e. The first kappa shape index (κ1) is 16.9. The summed E-state index contributed by atoms with van der Waals surface area (Å²) in [5.74, 6) is 0.210. The Morgan fingerprint density at radius 3 is 2.96 bits per heavy atom. The van der Waals surface area contributed by atoms with E-state index in [0.717, 1.165) is 30.7 Å². The molecule has 3 aromatic heterocycles. The number of nitrogens with zero attached hydrogens (tertiary/aromatic N) is 5. The molecule has 1 aliphatic heterocycles. The maximum atomic E-state index is 12.0. The molecule has 26 heavy (non-hydrogen) atoms. The number of fused-ring (bicyclic) bond motifs is 1. The third-order valence-electron chi connectivity index (χ3n) is 4.09. The number of amides is 1. The molecular formula is C17H18N6O2S. The number of carbonyl (C=O) groups excluding carboxylic acids is 1. The molecular weight excluding hydrogens is 352 g/mol. The highest BCUT2D eigenvalue weighted by molar-refractivity contribution is 7.99. The Morgan fingerprint density at radius 2 is 2.15 bits per heavy atom. The van der Waals surface area contributed by atoms with Gasteiger partial charge in [0.05, 0.1) is 17.6 Å². The van der Waals surface area contributed by atoms with E-state index in [4.69, 9.17) is 4.74 Å². The van der Waals surface area contributed by atoms with Gasteiger partial charge in [-0.3, -0.25) is 9.78 Å². The maximum absolute atomic E-state index is 12.0. The molecule has 1 N–H and O–H groups in total. The zero-order valence-corrected chi connectivity index (χ0v) is 14.9. The van der Waals surface area contributed by atoms with Crippen LogP contribution in [0.1, 0.15) is 12.8 Å². The molecule has 0 aliphatic carbocycles. The lowest BCUT2D eigenvalue weighted by atomic mass is 10.2. The van der Waals surface area contributed by atoms with Gasteiger partial charge in [-0.2, -0.15) is 9.61 Å². The molecule has 1 fully saturated rings. The summed E-state index contributed by atoms with van der Waals surface area (Å²) < 4.78 is 7.16. The van der Waals surface area contributed by atoms with E-state index in [9.17, 15) is 4.79 Å². The second-order valence-corrected chi connectivity index (χ2v) is 6.88. The molecule has 0 saturated carbocycles. The number of ether oxygens (including phenoxy) is 1. The number of hydrogen-bond donors (Lipinski definition) is 1. The number of carbonyl (C=O) groups is 1. The molecule has 0 aromatic carbocycles. The number of pyridine rings is 1. The summed E-state index contributed by atoms with van der Waals surface area (Å²) in [5, 5.41) is 16.3. The van der Waals surface area contributed by atoms with Crippen LogP contribution in [0.5, 0.6) is 0 Å². The fourth-order valence-electron chi connectivity index (χ4n) is 2.75. The summed E-state index contributed by atoms with van der Waals surface area (Å²) in [6.07, 6.45) is 5.65. The van der Waals surface area contributed by atoms with E-state index in [1.54, 1.807) is 16.9 Å². The Hall–Kier alpha value is -2.52. The van der Waals surface area contributed by atoms with Crippen LogP contribution in [0.25, 0.3) is 16.9 Å². The highest BCUT2D eigenvalue weighted by Crippen LogP contribution is 2.20. The molecule has 1 saturated heterocycles. The molecule has 3 aromatic rings. The number of nitrogens with one attached hydrogen (secondary N) is 1. The molecule has 4 rings (SSSR count). The summed E-state index contributed by atoms with van der Waals surface area (Å²) in [6, 6.07) is 7.53. The van der Waals surface area contributed by atoms with E-state index in [0.29, 0.717) is 17.3 Å². The van der Waals surface area contributed by atoms with Gasteiger partial charge in [0, 0.05) is 31.1 Å². The van der Waals surface area contributed by atoms with Gasteiger partial charge in [0.2, 0.25) is 11.1 Å². The average molecular weight is 370 g/mol. The monoisotopic (exact) mass is 370 g/mol. The third-order valence-corrected chi connectivity index (χ3v) is 5.01. The number of thioether (sulfide) groups is 1. The normalized spacial score (nSPS) is 16.8. The minimum absolute atomic E-state index is 0.0486. The van der Waals surface area contributed by atoms with E-state index in [-0.39, 0.29) is 17.8 Å². The van der Waals surface area contributed by atoms with Gasteiger partial charge in [-0.05, 0) is 37.1 Å². The molecule has 1 amide bonds. The predicted molar refractivity (Wildman–Crippen MR) is 96.7 cm³/mol. The van der Waals surface area contributed by atoms with E-state index >= 15 is 0 Å². The van der Waals surface area contributed by atoms with Crippen LogP contribution < -0.4 is 5.32 Å². The van der Waals surface area contributed by atoms with Crippen LogP contribution in [-0.2, 0) is 9.53 Å². The van der Waals surface area contributed by atoms with Crippen molar-refractivity contribution >= 4 is 23.3 Å².